The molecule has 0 aromatic heterocycles. The fraction of sp³-hybridized carbons (Fsp3) is 0.750. The summed E-state index contributed by atoms with van der Waals surface area (Å²) in [6.07, 6.45) is 9.70. The zero-order chi connectivity index (χ0) is 13.7. The molecule has 5 atom stereocenters. The Bertz CT molecular complexity index is 459. The van der Waals surface area contributed by atoms with Crippen LogP contribution in [0.4, 0.5) is 0 Å². The first kappa shape index (κ1) is 12.9. The van der Waals surface area contributed by atoms with E-state index < -0.39 is 6.23 Å². The fourth-order valence-electron chi connectivity index (χ4n) is 4.60. The lowest BCUT2D eigenvalue weighted by Gasteiger charge is -2.36. The Morgan fingerprint density at radius 1 is 1.25 bits per heavy atom. The van der Waals surface area contributed by atoms with Gasteiger partial charge in [-0.2, -0.15) is 0 Å². The molecule has 4 nitrogen and oxygen atoms in total. The number of nitrogens with zero attached hydrogens (tertiary/aromatic N) is 1. The predicted octanol–water partition coefficient (Wildman–Crippen LogP) is 1.12. The van der Waals surface area contributed by atoms with Crippen molar-refractivity contribution < 1.29 is 10.2 Å². The highest BCUT2D eigenvalue weighted by molar-refractivity contribution is 5.25. The van der Waals surface area contributed by atoms with Crippen molar-refractivity contribution in [3.8, 4) is 0 Å². The number of aliphatic hydroxyl groups excluding tert-OH is 2. The highest BCUT2D eigenvalue weighted by Crippen LogP contribution is 2.41. The van der Waals surface area contributed by atoms with E-state index >= 15 is 0 Å². The smallest absolute Gasteiger partial charge is 0.132 e. The minimum atomic E-state index is -0.445. The van der Waals surface area contributed by atoms with Gasteiger partial charge in [0, 0.05) is 30.7 Å². The highest BCUT2D eigenvalue weighted by atomic mass is 16.3. The van der Waals surface area contributed by atoms with E-state index in [-0.39, 0.29) is 6.10 Å². The maximum atomic E-state index is 10.9. The van der Waals surface area contributed by atoms with E-state index in [2.05, 4.69) is 22.4 Å². The Balaban J connectivity index is 1.65. The minimum Gasteiger partial charge on any atom is -0.393 e. The molecule has 110 valence electrons. The molecule has 2 aliphatic carbocycles. The van der Waals surface area contributed by atoms with Gasteiger partial charge in [-0.05, 0) is 43.6 Å². The van der Waals surface area contributed by atoms with Crippen LogP contribution in [-0.2, 0) is 0 Å². The lowest BCUT2D eigenvalue weighted by molar-refractivity contribution is -0.00932. The Morgan fingerprint density at radius 3 is 3.05 bits per heavy atom. The average Bonchev–Trinajstić information content (AvgIpc) is 2.76. The number of allylic oxidation sites excluding steroid dienone is 1. The molecule has 4 rings (SSSR count). The van der Waals surface area contributed by atoms with E-state index in [0.29, 0.717) is 24.4 Å². The van der Waals surface area contributed by atoms with Gasteiger partial charge in [0.1, 0.15) is 6.23 Å². The van der Waals surface area contributed by atoms with E-state index in [9.17, 15) is 10.2 Å². The van der Waals surface area contributed by atoms with Gasteiger partial charge in [0.05, 0.1) is 6.10 Å². The third-order valence-corrected chi connectivity index (χ3v) is 5.57. The number of aliphatic hydroxyl groups is 2. The second kappa shape index (κ2) is 4.86. The summed E-state index contributed by atoms with van der Waals surface area (Å²) in [6.45, 7) is 0.906. The maximum Gasteiger partial charge on any atom is 0.132 e. The summed E-state index contributed by atoms with van der Waals surface area (Å²) in [5, 5.41) is 24.3. The van der Waals surface area contributed by atoms with Gasteiger partial charge in [-0.3, -0.25) is 4.90 Å². The molecule has 0 amide bonds. The van der Waals surface area contributed by atoms with Crippen LogP contribution in [0.25, 0.3) is 0 Å². The van der Waals surface area contributed by atoms with Crippen LogP contribution in [0.3, 0.4) is 0 Å². The first-order valence-electron chi connectivity index (χ1n) is 8.00. The summed E-state index contributed by atoms with van der Waals surface area (Å²) >= 11 is 0. The SMILES string of the molecule is OC1CCC2=C(C1)NC[C@H]1CC3C=CCCC3N1C2O. The standard InChI is InChI=1S/C16H24N2O2/c19-12-5-6-13-14(8-12)17-9-11-7-10-3-1-2-4-15(10)18(11)16(13)20/h1,3,10-12,15-17,19-20H,2,4-9H2/t10?,11-,12?,15?,16?/m1/s1. The van der Waals surface area contributed by atoms with Crippen LogP contribution in [0.1, 0.15) is 38.5 Å². The van der Waals surface area contributed by atoms with Crippen LogP contribution in [-0.4, -0.2) is 46.1 Å². The number of rotatable bonds is 0. The predicted molar refractivity (Wildman–Crippen MR) is 76.8 cm³/mol. The fourth-order valence-corrected chi connectivity index (χ4v) is 4.60. The van der Waals surface area contributed by atoms with Gasteiger partial charge >= 0.3 is 0 Å². The molecule has 3 N–H and O–H groups in total. The van der Waals surface area contributed by atoms with E-state index in [1.165, 1.54) is 6.42 Å². The van der Waals surface area contributed by atoms with Gasteiger partial charge in [-0.15, -0.1) is 0 Å². The van der Waals surface area contributed by atoms with Crippen molar-refractivity contribution in [1.82, 2.24) is 10.2 Å². The number of hydrogen-bond donors (Lipinski definition) is 3. The van der Waals surface area contributed by atoms with Gasteiger partial charge in [-0.25, -0.2) is 0 Å². The van der Waals surface area contributed by atoms with Gasteiger partial charge < -0.3 is 15.5 Å². The van der Waals surface area contributed by atoms with Crippen molar-refractivity contribution in [2.75, 3.05) is 6.54 Å². The molecule has 0 aromatic carbocycles. The van der Waals surface area contributed by atoms with E-state index in [1.807, 2.05) is 0 Å². The molecular formula is C16H24N2O2. The van der Waals surface area contributed by atoms with Crippen LogP contribution < -0.4 is 5.32 Å². The van der Waals surface area contributed by atoms with Crippen LogP contribution in [0.5, 0.6) is 0 Å². The van der Waals surface area contributed by atoms with Crippen LogP contribution in [0.15, 0.2) is 23.4 Å². The molecule has 20 heavy (non-hydrogen) atoms. The van der Waals surface area contributed by atoms with Crippen molar-refractivity contribution in [2.24, 2.45) is 5.92 Å². The topological polar surface area (TPSA) is 55.7 Å². The summed E-state index contributed by atoms with van der Waals surface area (Å²) < 4.78 is 0. The largest absolute Gasteiger partial charge is 0.393 e. The second-order valence-corrected chi connectivity index (χ2v) is 6.73. The Labute approximate surface area is 120 Å². The molecule has 0 spiro atoms. The van der Waals surface area contributed by atoms with E-state index in [1.54, 1.807) is 0 Å². The molecule has 1 saturated heterocycles. The minimum absolute atomic E-state index is 0.244. The van der Waals surface area contributed by atoms with E-state index in [0.717, 1.165) is 43.5 Å². The van der Waals surface area contributed by atoms with Crippen molar-refractivity contribution in [3.05, 3.63) is 23.4 Å². The van der Waals surface area contributed by atoms with Crippen molar-refractivity contribution in [2.45, 2.75) is 62.9 Å². The first-order valence-corrected chi connectivity index (χ1v) is 8.00. The number of nitrogens with one attached hydrogen (secondary N) is 1. The molecule has 4 aliphatic rings. The Morgan fingerprint density at radius 2 is 2.15 bits per heavy atom. The molecule has 0 radical (unpaired) electrons. The normalized spacial score (nSPS) is 44.4. The molecule has 2 aliphatic heterocycles. The molecule has 4 unspecified atom stereocenters. The monoisotopic (exact) mass is 276 g/mol. The second-order valence-electron chi connectivity index (χ2n) is 6.73. The molecule has 0 aromatic rings. The first-order chi connectivity index (χ1) is 9.74. The quantitative estimate of drug-likeness (QED) is 0.580. The van der Waals surface area contributed by atoms with Gasteiger partial charge in [0.15, 0.2) is 0 Å². The maximum absolute atomic E-state index is 10.9. The number of hydrogen-bond acceptors (Lipinski definition) is 4. The molecule has 0 bridgehead atoms. The third-order valence-electron chi connectivity index (χ3n) is 5.57. The van der Waals surface area contributed by atoms with Gasteiger partial charge in [-0.1, -0.05) is 12.2 Å². The zero-order valence-corrected chi connectivity index (χ0v) is 11.8. The average molecular weight is 276 g/mol. The Hall–Kier alpha value is -0.840. The van der Waals surface area contributed by atoms with Crippen LogP contribution in [0, 0.1) is 5.92 Å². The molecule has 2 heterocycles. The molecular weight excluding hydrogens is 252 g/mol. The summed E-state index contributed by atoms with van der Waals surface area (Å²) in [5.41, 5.74) is 2.24. The van der Waals surface area contributed by atoms with E-state index in [4.69, 9.17) is 0 Å². The summed E-state index contributed by atoms with van der Waals surface area (Å²) in [5.74, 6) is 0.613. The van der Waals surface area contributed by atoms with Crippen molar-refractivity contribution in [3.63, 3.8) is 0 Å². The van der Waals surface area contributed by atoms with Gasteiger partial charge in [0.25, 0.3) is 0 Å². The number of fused-ring (bicyclic) bond motifs is 3. The van der Waals surface area contributed by atoms with Crippen LogP contribution in [0.2, 0.25) is 0 Å². The van der Waals surface area contributed by atoms with Gasteiger partial charge in [0.2, 0.25) is 0 Å². The summed E-state index contributed by atoms with van der Waals surface area (Å²) in [7, 11) is 0. The van der Waals surface area contributed by atoms with Crippen LogP contribution >= 0.6 is 0 Å². The lowest BCUT2D eigenvalue weighted by Crippen LogP contribution is -2.47. The molecule has 4 heteroatoms. The summed E-state index contributed by atoms with van der Waals surface area (Å²) in [4.78, 5) is 2.36. The zero-order valence-electron chi connectivity index (χ0n) is 11.8. The molecule has 1 fully saturated rings. The van der Waals surface area contributed by atoms with Crippen molar-refractivity contribution in [1.29, 1.82) is 0 Å². The summed E-state index contributed by atoms with van der Waals surface area (Å²) in [6, 6.07) is 0.922. The van der Waals surface area contributed by atoms with Crippen molar-refractivity contribution >= 4 is 0 Å². The highest BCUT2D eigenvalue weighted by Gasteiger charge is 2.46. The third kappa shape index (κ3) is 1.93. The Kier molecular flexibility index (Phi) is 3.13. The molecule has 0 saturated carbocycles. The lowest BCUT2D eigenvalue weighted by atomic mass is 9.89.